The van der Waals surface area contributed by atoms with E-state index in [2.05, 4.69) is 47.3 Å². The van der Waals surface area contributed by atoms with Crippen molar-refractivity contribution >= 4 is 0 Å². The van der Waals surface area contributed by atoms with Crippen LogP contribution in [0.1, 0.15) is 40.0 Å². The quantitative estimate of drug-likeness (QED) is 0.606. The predicted octanol–water partition coefficient (Wildman–Crippen LogP) is 3.57. The van der Waals surface area contributed by atoms with E-state index in [9.17, 15) is 0 Å². The van der Waals surface area contributed by atoms with Crippen molar-refractivity contribution in [1.82, 2.24) is 0 Å². The Morgan fingerprint density at radius 2 is 2.17 bits per heavy atom. The Kier molecular flexibility index (Phi) is 3.80. The van der Waals surface area contributed by atoms with Crippen molar-refractivity contribution in [3.63, 3.8) is 0 Å². The van der Waals surface area contributed by atoms with Gasteiger partial charge < -0.3 is 0 Å². The Labute approximate surface area is 87.5 Å². The third-order valence-electron chi connectivity index (χ3n) is 2.22. The van der Waals surface area contributed by atoms with Crippen LogP contribution in [0.3, 0.4) is 0 Å². The van der Waals surface area contributed by atoms with Crippen molar-refractivity contribution in [3.05, 3.63) is 21.1 Å². The molecule has 0 radical (unpaired) electrons. The average Bonchev–Trinajstić information content (AvgIpc) is 2.29. The molecule has 0 N–H and O–H groups in total. The van der Waals surface area contributed by atoms with E-state index in [1.165, 1.54) is 19.3 Å². The van der Waals surface area contributed by atoms with Gasteiger partial charge >= 0.3 is 87.5 Å². The van der Waals surface area contributed by atoms with E-state index < -0.39 is 0 Å². The van der Waals surface area contributed by atoms with Gasteiger partial charge in [0.25, 0.3) is 0 Å². The fourth-order valence-corrected chi connectivity index (χ4v) is 2.44. The van der Waals surface area contributed by atoms with E-state index in [4.69, 9.17) is 0 Å². The van der Waals surface area contributed by atoms with E-state index in [1.54, 1.807) is 15.0 Å². The van der Waals surface area contributed by atoms with Gasteiger partial charge in [-0.25, -0.2) is 0 Å². The van der Waals surface area contributed by atoms with Crippen molar-refractivity contribution in [2.75, 3.05) is 0 Å². The van der Waals surface area contributed by atoms with Crippen molar-refractivity contribution in [1.29, 1.82) is 0 Å². The molecule has 0 nitrogen and oxygen atoms in total. The Bertz CT molecular complexity index is 221. The molecule has 0 aromatic carbocycles. The van der Waals surface area contributed by atoms with E-state index >= 15 is 0 Å². The van der Waals surface area contributed by atoms with Crippen LogP contribution >= 0.6 is 0 Å². The first kappa shape index (κ1) is 10.3. The van der Waals surface area contributed by atoms with Gasteiger partial charge in [-0.05, 0) is 0 Å². The number of allylic oxidation sites excluding steroid dienone is 4. The molecule has 0 unspecified atom stereocenters. The van der Waals surface area contributed by atoms with Gasteiger partial charge in [0.15, 0.2) is 0 Å². The second-order valence-electron chi connectivity index (χ2n) is 3.93. The van der Waals surface area contributed by atoms with Gasteiger partial charge in [-0.3, -0.25) is 0 Å². The maximum atomic E-state index is 2.41. The second-order valence-corrected chi connectivity index (χ2v) is 4.88. The zero-order valence-corrected chi connectivity index (χ0v) is 9.84. The number of hydrogen-bond acceptors (Lipinski definition) is 0. The van der Waals surface area contributed by atoms with Crippen LogP contribution in [-0.4, -0.2) is 0 Å². The predicted molar refractivity (Wildman–Crippen MR) is 49.5 cm³/mol. The fourth-order valence-electron chi connectivity index (χ4n) is 1.70. The first-order chi connectivity index (χ1) is 5.63. The van der Waals surface area contributed by atoms with Gasteiger partial charge in [0.2, 0.25) is 0 Å². The van der Waals surface area contributed by atoms with E-state index in [1.807, 2.05) is 0 Å². The summed E-state index contributed by atoms with van der Waals surface area (Å²) >= 11 is 2.27. The van der Waals surface area contributed by atoms with E-state index in [-0.39, 0.29) is 0 Å². The summed E-state index contributed by atoms with van der Waals surface area (Å²) in [5, 5.41) is 0. The van der Waals surface area contributed by atoms with Crippen molar-refractivity contribution in [2.24, 2.45) is 5.92 Å². The summed E-state index contributed by atoms with van der Waals surface area (Å²) in [6, 6.07) is 0. The molecular weight excluding hydrogens is 180 g/mol. The molecule has 0 atom stereocenters. The first-order valence-corrected chi connectivity index (χ1v) is 5.54. The standard InChI is InChI=1S/C11H17.Ti/c1-4-10-5-6-11(8-10)7-9(2)3;/h8-9H,4,6-7H2,1-3H3;. The van der Waals surface area contributed by atoms with Crippen molar-refractivity contribution in [2.45, 2.75) is 40.0 Å². The van der Waals surface area contributed by atoms with Crippen LogP contribution in [0.2, 0.25) is 0 Å². The van der Waals surface area contributed by atoms with Crippen LogP contribution in [0.15, 0.2) is 21.1 Å². The molecule has 1 heteroatoms. The molecule has 0 amide bonds. The molecule has 0 fully saturated rings. The Hall–Kier alpha value is 0.194. The van der Waals surface area contributed by atoms with E-state index in [0.717, 1.165) is 5.92 Å². The van der Waals surface area contributed by atoms with Gasteiger partial charge in [0.05, 0.1) is 0 Å². The van der Waals surface area contributed by atoms with Crippen LogP contribution in [0.4, 0.5) is 0 Å². The summed E-state index contributed by atoms with van der Waals surface area (Å²) in [7, 11) is 0. The Balaban J connectivity index is 2.55. The minimum atomic E-state index is 0.806. The Morgan fingerprint density at radius 3 is 2.58 bits per heavy atom. The zero-order valence-electron chi connectivity index (χ0n) is 8.28. The SMILES string of the molecule is CCC1=[C]([Ti])CC(CC(C)C)=C1. The zero-order chi connectivity index (χ0) is 9.14. The van der Waals surface area contributed by atoms with E-state index in [0.29, 0.717) is 0 Å². The van der Waals surface area contributed by atoms with Gasteiger partial charge in [0.1, 0.15) is 0 Å². The van der Waals surface area contributed by atoms with Crippen LogP contribution in [0.25, 0.3) is 0 Å². The van der Waals surface area contributed by atoms with Gasteiger partial charge in [0, 0.05) is 0 Å². The normalized spacial score (nSPS) is 17.4. The molecule has 1 aliphatic carbocycles. The average molecular weight is 197 g/mol. The summed E-state index contributed by atoms with van der Waals surface area (Å²) < 4.78 is 1.59. The maximum absolute atomic E-state index is 2.41. The third kappa shape index (κ3) is 2.60. The first-order valence-electron chi connectivity index (χ1n) is 4.76. The van der Waals surface area contributed by atoms with Crippen molar-refractivity contribution in [3.8, 4) is 0 Å². The molecule has 0 saturated heterocycles. The number of rotatable bonds is 3. The molecule has 1 aliphatic rings. The van der Waals surface area contributed by atoms with Crippen LogP contribution < -0.4 is 0 Å². The molecule has 0 aromatic heterocycles. The summed E-state index contributed by atoms with van der Waals surface area (Å²) in [6.45, 7) is 6.83. The molecule has 0 aromatic rings. The second kappa shape index (κ2) is 4.44. The molecular formula is C11H17Ti. The topological polar surface area (TPSA) is 0 Å². The molecule has 0 aliphatic heterocycles. The molecule has 0 bridgehead atoms. The van der Waals surface area contributed by atoms with Crippen LogP contribution in [-0.2, 0) is 20.4 Å². The molecule has 12 heavy (non-hydrogen) atoms. The summed E-state index contributed by atoms with van der Waals surface area (Å²) in [5.41, 5.74) is 3.21. The summed E-state index contributed by atoms with van der Waals surface area (Å²) in [4.78, 5) is 0. The molecule has 0 saturated carbocycles. The van der Waals surface area contributed by atoms with Crippen molar-refractivity contribution < 1.29 is 20.4 Å². The fraction of sp³-hybridized carbons (Fsp3) is 0.636. The minimum absolute atomic E-state index is 0.806. The molecule has 0 spiro atoms. The van der Waals surface area contributed by atoms with Crippen LogP contribution in [0, 0.1) is 5.92 Å². The summed E-state index contributed by atoms with van der Waals surface area (Å²) in [5.74, 6) is 0.806. The monoisotopic (exact) mass is 197 g/mol. The molecule has 0 heterocycles. The van der Waals surface area contributed by atoms with Gasteiger partial charge in [-0.15, -0.1) is 0 Å². The third-order valence-corrected chi connectivity index (χ3v) is 3.00. The van der Waals surface area contributed by atoms with Gasteiger partial charge in [-0.1, -0.05) is 0 Å². The van der Waals surface area contributed by atoms with Crippen LogP contribution in [0.5, 0.6) is 0 Å². The summed E-state index contributed by atoms with van der Waals surface area (Å²) in [6.07, 6.45) is 6.13. The molecule has 65 valence electrons. The van der Waals surface area contributed by atoms with Gasteiger partial charge in [-0.2, -0.15) is 0 Å². The molecule has 1 rings (SSSR count). The number of hydrogen-bond donors (Lipinski definition) is 0. The Morgan fingerprint density at radius 1 is 1.50 bits per heavy atom.